The number of halogens is 1. The molecular formula is C23H23FN2O5. The van der Waals surface area contributed by atoms with Gasteiger partial charge in [0.05, 0.1) is 11.6 Å². The van der Waals surface area contributed by atoms with Crippen molar-refractivity contribution in [3.63, 3.8) is 0 Å². The molecule has 7 nitrogen and oxygen atoms in total. The van der Waals surface area contributed by atoms with Gasteiger partial charge in [0.2, 0.25) is 0 Å². The number of benzene rings is 2. The summed E-state index contributed by atoms with van der Waals surface area (Å²) in [5.41, 5.74) is 0.500. The fraction of sp³-hybridized carbons (Fsp3) is 0.261. The molecule has 2 rings (SSSR count). The third-order valence-electron chi connectivity index (χ3n) is 4.69. The zero-order chi connectivity index (χ0) is 23.0. The molecule has 162 valence electrons. The van der Waals surface area contributed by atoms with Crippen LogP contribution in [0, 0.1) is 22.6 Å². The third kappa shape index (κ3) is 6.85. The van der Waals surface area contributed by atoms with Crippen LogP contribution in [-0.4, -0.2) is 22.3 Å². The summed E-state index contributed by atoms with van der Waals surface area (Å²) in [5.74, 6) is -2.43. The number of aromatic hydroxyl groups is 1. The summed E-state index contributed by atoms with van der Waals surface area (Å²) >= 11 is 0. The Labute approximate surface area is 179 Å². The van der Waals surface area contributed by atoms with Crippen molar-refractivity contribution in [1.29, 1.82) is 5.26 Å². The van der Waals surface area contributed by atoms with E-state index in [1.54, 1.807) is 24.3 Å². The highest BCUT2D eigenvalue weighted by Crippen LogP contribution is 2.41. The summed E-state index contributed by atoms with van der Waals surface area (Å²) in [6, 6.07) is 11.9. The first kappa shape index (κ1) is 23.4. The minimum absolute atomic E-state index is 0.345. The predicted molar refractivity (Wildman–Crippen MR) is 112 cm³/mol. The Hall–Kier alpha value is -3.86. The van der Waals surface area contributed by atoms with Gasteiger partial charge in [-0.1, -0.05) is 26.0 Å². The van der Waals surface area contributed by atoms with Gasteiger partial charge in [-0.15, -0.1) is 0 Å². The van der Waals surface area contributed by atoms with Gasteiger partial charge in [0, 0.05) is 17.2 Å². The molecule has 1 amide bonds. The van der Waals surface area contributed by atoms with Crippen LogP contribution >= 0.6 is 0 Å². The van der Waals surface area contributed by atoms with Crippen LogP contribution in [0.5, 0.6) is 5.75 Å². The molecule has 0 unspecified atom stereocenters. The number of anilines is 1. The number of carbonyl (C=O) groups excluding carboxylic acids is 1. The molecule has 0 aliphatic rings. The highest BCUT2D eigenvalue weighted by atomic mass is 19.1. The van der Waals surface area contributed by atoms with Gasteiger partial charge in [0.15, 0.2) is 11.6 Å². The molecule has 8 heteroatoms. The lowest BCUT2D eigenvalue weighted by molar-refractivity contribution is -0.131. The first-order valence-electron chi connectivity index (χ1n) is 9.48. The van der Waals surface area contributed by atoms with E-state index >= 15 is 0 Å². The van der Waals surface area contributed by atoms with E-state index < -0.39 is 35.1 Å². The van der Waals surface area contributed by atoms with Crippen molar-refractivity contribution in [1.82, 2.24) is 0 Å². The number of nitrogens with zero attached hydrogens (tertiary/aromatic N) is 1. The lowest BCUT2D eigenvalue weighted by atomic mass is 9.78. The molecule has 3 N–H and O–H groups in total. The minimum atomic E-state index is -1.06. The maximum absolute atomic E-state index is 14.0. The predicted octanol–water partition coefficient (Wildman–Crippen LogP) is 5.14. The Bertz CT molecular complexity index is 1010. The van der Waals surface area contributed by atoms with Crippen LogP contribution in [0.15, 0.2) is 54.6 Å². The number of amides is 1. The largest absolute Gasteiger partial charge is 0.505 e. The molecular weight excluding hydrogens is 403 g/mol. The molecule has 31 heavy (non-hydrogen) atoms. The number of hydrogen-bond acceptors (Lipinski definition) is 5. The summed E-state index contributed by atoms with van der Waals surface area (Å²) in [4.78, 5) is 23.2. The number of rotatable bonds is 8. The van der Waals surface area contributed by atoms with E-state index in [9.17, 15) is 19.1 Å². The molecule has 1 atom stereocenters. The Morgan fingerprint density at radius 2 is 1.94 bits per heavy atom. The first-order valence-corrected chi connectivity index (χ1v) is 9.48. The summed E-state index contributed by atoms with van der Waals surface area (Å²) in [6.07, 6.45) is 1.70. The SMILES string of the molecule is CC(C)(CC/C=C/C(=O)O)[C@H](OC(=O)Nc1ccc(C#N)cc1)c1ccc(O)c(F)c1. The Kier molecular flexibility index (Phi) is 7.75. The van der Waals surface area contributed by atoms with Gasteiger partial charge >= 0.3 is 12.1 Å². The van der Waals surface area contributed by atoms with Crippen molar-refractivity contribution in [2.24, 2.45) is 5.41 Å². The van der Waals surface area contributed by atoms with Crippen molar-refractivity contribution in [2.75, 3.05) is 5.32 Å². The number of allylic oxidation sites excluding steroid dienone is 1. The van der Waals surface area contributed by atoms with Crippen LogP contribution in [0.3, 0.4) is 0 Å². The van der Waals surface area contributed by atoms with Crippen molar-refractivity contribution in [3.8, 4) is 11.8 Å². The van der Waals surface area contributed by atoms with E-state index in [4.69, 9.17) is 15.1 Å². The highest BCUT2D eigenvalue weighted by molar-refractivity contribution is 5.84. The topological polar surface area (TPSA) is 120 Å². The molecule has 0 spiro atoms. The van der Waals surface area contributed by atoms with E-state index in [0.717, 1.165) is 12.1 Å². The van der Waals surface area contributed by atoms with Crippen LogP contribution in [-0.2, 0) is 9.53 Å². The Balaban J connectivity index is 2.23. The van der Waals surface area contributed by atoms with E-state index in [-0.39, 0.29) is 0 Å². The molecule has 0 fully saturated rings. The van der Waals surface area contributed by atoms with Gasteiger partial charge in [-0.2, -0.15) is 5.26 Å². The van der Waals surface area contributed by atoms with Crippen molar-refractivity contribution < 1.29 is 28.9 Å². The van der Waals surface area contributed by atoms with Crippen LogP contribution in [0.25, 0.3) is 0 Å². The summed E-state index contributed by atoms with van der Waals surface area (Å²) < 4.78 is 19.6. The summed E-state index contributed by atoms with van der Waals surface area (Å²) in [6.45, 7) is 3.62. The molecule has 2 aromatic carbocycles. The maximum atomic E-state index is 14.0. The fourth-order valence-electron chi connectivity index (χ4n) is 3.02. The fourth-order valence-corrected chi connectivity index (χ4v) is 3.02. The smallest absolute Gasteiger partial charge is 0.412 e. The lowest BCUT2D eigenvalue weighted by Crippen LogP contribution is -2.29. The quantitative estimate of drug-likeness (QED) is 0.503. The van der Waals surface area contributed by atoms with Crippen LogP contribution in [0.4, 0.5) is 14.9 Å². The number of aliphatic carboxylic acids is 1. The number of phenolic OH excluding ortho intramolecular Hbond substituents is 1. The molecule has 0 radical (unpaired) electrons. The van der Waals surface area contributed by atoms with Crippen LogP contribution < -0.4 is 5.32 Å². The lowest BCUT2D eigenvalue weighted by Gasteiger charge is -2.34. The second-order valence-corrected chi connectivity index (χ2v) is 7.58. The number of carbonyl (C=O) groups is 2. The normalized spacial score (nSPS) is 12.2. The monoisotopic (exact) mass is 426 g/mol. The van der Waals surface area contributed by atoms with Crippen molar-refractivity contribution in [3.05, 3.63) is 71.6 Å². The number of hydrogen-bond donors (Lipinski definition) is 3. The number of ether oxygens (including phenoxy) is 1. The first-order chi connectivity index (χ1) is 14.6. The standard InChI is InChI=1S/C23H23FN2O5/c1-23(2,12-4-3-5-20(28)29)21(16-8-11-19(27)18(24)13-16)31-22(30)26-17-9-6-15(14-25)7-10-17/h3,5-11,13,21,27H,4,12H2,1-2H3,(H,26,30)(H,28,29)/b5-3+/t21-/m1/s1. The van der Waals surface area contributed by atoms with E-state index in [2.05, 4.69) is 5.32 Å². The maximum Gasteiger partial charge on any atom is 0.412 e. The molecule has 0 aliphatic carbocycles. The van der Waals surface area contributed by atoms with E-state index in [1.807, 2.05) is 19.9 Å². The Morgan fingerprint density at radius 1 is 1.26 bits per heavy atom. The van der Waals surface area contributed by atoms with Gasteiger partial charge in [0.25, 0.3) is 0 Å². The molecule has 0 aliphatic heterocycles. The Morgan fingerprint density at radius 3 is 2.52 bits per heavy atom. The van der Waals surface area contributed by atoms with Gasteiger partial charge in [-0.3, -0.25) is 5.32 Å². The number of nitriles is 1. The number of phenols is 1. The van der Waals surface area contributed by atoms with E-state index in [1.165, 1.54) is 18.2 Å². The third-order valence-corrected chi connectivity index (χ3v) is 4.69. The molecule has 0 aromatic heterocycles. The number of nitrogens with one attached hydrogen (secondary N) is 1. The molecule has 0 saturated heterocycles. The average Bonchev–Trinajstić information content (AvgIpc) is 2.72. The van der Waals surface area contributed by atoms with Gasteiger partial charge < -0.3 is 14.9 Å². The molecule has 2 aromatic rings. The van der Waals surface area contributed by atoms with Crippen molar-refractivity contribution >= 4 is 17.7 Å². The summed E-state index contributed by atoms with van der Waals surface area (Å²) in [7, 11) is 0. The number of carboxylic acid groups (broad SMARTS) is 1. The van der Waals surface area contributed by atoms with Crippen LogP contribution in [0.2, 0.25) is 0 Å². The molecule has 0 bridgehead atoms. The molecule has 0 saturated carbocycles. The summed E-state index contributed by atoms with van der Waals surface area (Å²) in [5, 5.41) is 29.6. The minimum Gasteiger partial charge on any atom is -0.505 e. The average molecular weight is 426 g/mol. The van der Waals surface area contributed by atoms with Gasteiger partial charge in [-0.05, 0) is 54.8 Å². The highest BCUT2D eigenvalue weighted by Gasteiger charge is 2.34. The van der Waals surface area contributed by atoms with Gasteiger partial charge in [0.1, 0.15) is 6.10 Å². The van der Waals surface area contributed by atoms with Gasteiger partial charge in [-0.25, -0.2) is 14.0 Å². The van der Waals surface area contributed by atoms with Crippen molar-refractivity contribution in [2.45, 2.75) is 32.8 Å². The van der Waals surface area contributed by atoms with Crippen LogP contribution in [0.1, 0.15) is 43.9 Å². The number of carboxylic acids is 1. The zero-order valence-electron chi connectivity index (χ0n) is 17.1. The van der Waals surface area contributed by atoms with E-state index in [0.29, 0.717) is 29.7 Å². The second kappa shape index (κ2) is 10.3. The molecule has 0 heterocycles. The zero-order valence-corrected chi connectivity index (χ0v) is 17.1. The second-order valence-electron chi connectivity index (χ2n) is 7.58.